The smallest absolute Gasteiger partial charge is 0.257 e. The number of benzene rings is 1. The first-order valence-corrected chi connectivity index (χ1v) is 8.91. The summed E-state index contributed by atoms with van der Waals surface area (Å²) >= 11 is 0. The molecule has 5 heteroatoms. The van der Waals surface area contributed by atoms with E-state index in [1.165, 1.54) is 24.8 Å². The van der Waals surface area contributed by atoms with Crippen LogP contribution >= 0.6 is 0 Å². The zero-order chi connectivity index (χ0) is 16.5. The van der Waals surface area contributed by atoms with Gasteiger partial charge in [0, 0.05) is 30.5 Å². The van der Waals surface area contributed by atoms with E-state index in [0.29, 0.717) is 24.2 Å². The predicted octanol–water partition coefficient (Wildman–Crippen LogP) is 3.69. The van der Waals surface area contributed by atoms with Crippen LogP contribution in [0, 0.1) is 6.92 Å². The molecule has 4 rings (SSSR count). The molecule has 1 aliphatic heterocycles. The van der Waals surface area contributed by atoms with Crippen molar-refractivity contribution >= 4 is 5.91 Å². The Morgan fingerprint density at radius 3 is 2.62 bits per heavy atom. The third-order valence-corrected chi connectivity index (χ3v) is 5.28. The summed E-state index contributed by atoms with van der Waals surface area (Å²) in [6, 6.07) is 8.45. The number of hydrogen-bond donors (Lipinski definition) is 0. The molecule has 1 aromatic heterocycles. The zero-order valence-corrected chi connectivity index (χ0v) is 14.1. The second-order valence-corrected chi connectivity index (χ2v) is 7.06. The highest BCUT2D eigenvalue weighted by Crippen LogP contribution is 2.33. The Balaban J connectivity index is 1.48. The van der Waals surface area contributed by atoms with Crippen LogP contribution in [0.1, 0.15) is 55.8 Å². The summed E-state index contributed by atoms with van der Waals surface area (Å²) in [6.07, 6.45) is 6.55. The van der Waals surface area contributed by atoms with E-state index in [-0.39, 0.29) is 11.8 Å². The van der Waals surface area contributed by atoms with Gasteiger partial charge in [0.2, 0.25) is 5.91 Å². The fraction of sp³-hybridized carbons (Fsp3) is 0.526. The maximum absolute atomic E-state index is 12.4. The molecule has 0 spiro atoms. The number of carbonyl (C=O) groups is 1. The lowest BCUT2D eigenvalue weighted by atomic mass is 9.94. The summed E-state index contributed by atoms with van der Waals surface area (Å²) in [4.78, 5) is 19.0. The first kappa shape index (κ1) is 15.4. The van der Waals surface area contributed by atoms with E-state index < -0.39 is 0 Å². The third-order valence-electron chi connectivity index (χ3n) is 5.28. The van der Waals surface area contributed by atoms with Crippen molar-refractivity contribution in [2.45, 2.75) is 57.4 Å². The van der Waals surface area contributed by atoms with Crippen molar-refractivity contribution in [1.82, 2.24) is 15.0 Å². The Hall–Kier alpha value is -2.17. The maximum Gasteiger partial charge on any atom is 0.257 e. The monoisotopic (exact) mass is 325 g/mol. The van der Waals surface area contributed by atoms with Gasteiger partial charge in [0.1, 0.15) is 0 Å². The number of carbonyl (C=O) groups excluding carboxylic acids is 1. The molecule has 24 heavy (non-hydrogen) atoms. The van der Waals surface area contributed by atoms with Crippen LogP contribution in [-0.4, -0.2) is 33.5 Å². The van der Waals surface area contributed by atoms with Crippen molar-refractivity contribution in [3.8, 4) is 11.5 Å². The van der Waals surface area contributed by atoms with Gasteiger partial charge in [-0.25, -0.2) is 0 Å². The van der Waals surface area contributed by atoms with Gasteiger partial charge in [0.25, 0.3) is 5.89 Å². The van der Waals surface area contributed by atoms with Crippen LogP contribution in [0.25, 0.3) is 11.5 Å². The fourth-order valence-corrected chi connectivity index (χ4v) is 3.86. The summed E-state index contributed by atoms with van der Waals surface area (Å²) in [5.41, 5.74) is 2.12. The Kier molecular flexibility index (Phi) is 4.08. The van der Waals surface area contributed by atoms with Gasteiger partial charge >= 0.3 is 0 Å². The van der Waals surface area contributed by atoms with Gasteiger partial charge in [-0.05, 0) is 31.9 Å². The molecule has 1 aromatic carbocycles. The number of aryl methyl sites for hydroxylation is 1. The van der Waals surface area contributed by atoms with Crippen LogP contribution in [0.15, 0.2) is 28.8 Å². The molecule has 0 bridgehead atoms. The van der Waals surface area contributed by atoms with E-state index in [1.54, 1.807) is 0 Å². The van der Waals surface area contributed by atoms with Gasteiger partial charge < -0.3 is 9.42 Å². The van der Waals surface area contributed by atoms with Crippen LogP contribution in [0.4, 0.5) is 0 Å². The van der Waals surface area contributed by atoms with E-state index in [0.717, 1.165) is 24.9 Å². The molecule has 1 saturated heterocycles. The lowest BCUT2D eigenvalue weighted by molar-refractivity contribution is -0.130. The van der Waals surface area contributed by atoms with Crippen LogP contribution < -0.4 is 0 Å². The van der Waals surface area contributed by atoms with E-state index in [9.17, 15) is 4.79 Å². The highest BCUT2D eigenvalue weighted by molar-refractivity contribution is 5.80. The number of hydrogen-bond acceptors (Lipinski definition) is 4. The lowest BCUT2D eigenvalue weighted by Gasteiger charge is -2.31. The number of likely N-dealkylation sites (tertiary alicyclic amines) is 1. The molecule has 1 aliphatic carbocycles. The average Bonchev–Trinajstić information content (AvgIpc) is 3.23. The first-order chi connectivity index (χ1) is 11.7. The fourth-order valence-electron chi connectivity index (χ4n) is 3.86. The number of amides is 1. The average molecular weight is 325 g/mol. The Morgan fingerprint density at radius 1 is 1.12 bits per heavy atom. The lowest BCUT2D eigenvalue weighted by Crippen LogP contribution is -2.37. The van der Waals surface area contributed by atoms with Crippen molar-refractivity contribution < 1.29 is 9.32 Å². The molecule has 2 aromatic rings. The molecule has 5 nitrogen and oxygen atoms in total. The number of rotatable bonds is 3. The van der Waals surface area contributed by atoms with Crippen LogP contribution in [-0.2, 0) is 4.79 Å². The molecule has 2 heterocycles. The molecule has 2 fully saturated rings. The normalized spacial score (nSPS) is 22.3. The zero-order valence-electron chi connectivity index (χ0n) is 14.1. The minimum absolute atomic E-state index is 0.0578. The number of aromatic nitrogens is 2. The SMILES string of the molecule is Cc1ccc(-c2nc(C3CC(=O)N(C4CCCCC4)C3)no2)cc1. The molecule has 1 amide bonds. The van der Waals surface area contributed by atoms with Crippen molar-refractivity contribution in [2.75, 3.05) is 6.54 Å². The predicted molar refractivity (Wildman–Crippen MR) is 90.4 cm³/mol. The summed E-state index contributed by atoms with van der Waals surface area (Å²) in [5, 5.41) is 4.15. The molecule has 1 saturated carbocycles. The van der Waals surface area contributed by atoms with E-state index in [2.05, 4.69) is 15.0 Å². The largest absolute Gasteiger partial charge is 0.339 e. The Labute approximate surface area is 142 Å². The molecule has 0 N–H and O–H groups in total. The van der Waals surface area contributed by atoms with Crippen LogP contribution in [0.2, 0.25) is 0 Å². The second-order valence-electron chi connectivity index (χ2n) is 7.06. The second kappa shape index (κ2) is 6.38. The summed E-state index contributed by atoms with van der Waals surface area (Å²) in [6.45, 7) is 2.78. The first-order valence-electron chi connectivity index (χ1n) is 8.91. The third kappa shape index (κ3) is 2.95. The van der Waals surface area contributed by atoms with E-state index in [1.807, 2.05) is 31.2 Å². The van der Waals surface area contributed by atoms with Gasteiger partial charge in [-0.1, -0.05) is 42.1 Å². The van der Waals surface area contributed by atoms with Gasteiger partial charge in [-0.3, -0.25) is 4.79 Å². The maximum atomic E-state index is 12.4. The summed E-state index contributed by atoms with van der Waals surface area (Å²) in [7, 11) is 0. The number of nitrogens with zero attached hydrogens (tertiary/aromatic N) is 3. The van der Waals surface area contributed by atoms with Crippen molar-refractivity contribution in [2.24, 2.45) is 0 Å². The molecule has 1 unspecified atom stereocenters. The van der Waals surface area contributed by atoms with Crippen LogP contribution in [0.3, 0.4) is 0 Å². The molecular weight excluding hydrogens is 302 g/mol. The van der Waals surface area contributed by atoms with E-state index >= 15 is 0 Å². The van der Waals surface area contributed by atoms with Crippen molar-refractivity contribution in [1.29, 1.82) is 0 Å². The molecule has 1 atom stereocenters. The quantitative estimate of drug-likeness (QED) is 0.863. The van der Waals surface area contributed by atoms with Crippen molar-refractivity contribution in [3.05, 3.63) is 35.7 Å². The van der Waals surface area contributed by atoms with Gasteiger partial charge in [0.15, 0.2) is 5.82 Å². The van der Waals surface area contributed by atoms with Gasteiger partial charge in [-0.2, -0.15) is 4.98 Å². The van der Waals surface area contributed by atoms with Crippen molar-refractivity contribution in [3.63, 3.8) is 0 Å². The van der Waals surface area contributed by atoms with Crippen LogP contribution in [0.5, 0.6) is 0 Å². The van der Waals surface area contributed by atoms with E-state index in [4.69, 9.17) is 4.52 Å². The molecule has 2 aliphatic rings. The minimum Gasteiger partial charge on any atom is -0.339 e. The van der Waals surface area contributed by atoms with Gasteiger partial charge in [-0.15, -0.1) is 0 Å². The molecule has 0 radical (unpaired) electrons. The minimum atomic E-state index is 0.0578. The Bertz CT molecular complexity index is 716. The summed E-state index contributed by atoms with van der Waals surface area (Å²) in [5.74, 6) is 1.50. The molecule has 126 valence electrons. The summed E-state index contributed by atoms with van der Waals surface area (Å²) < 4.78 is 5.43. The standard InChI is InChI=1S/C19H23N3O2/c1-13-7-9-14(10-8-13)19-20-18(21-24-19)15-11-17(23)22(12-15)16-5-3-2-4-6-16/h7-10,15-16H,2-6,11-12H2,1H3. The highest BCUT2D eigenvalue weighted by atomic mass is 16.5. The van der Waals surface area contributed by atoms with Gasteiger partial charge in [0.05, 0.1) is 0 Å². The Morgan fingerprint density at radius 2 is 1.88 bits per heavy atom. The topological polar surface area (TPSA) is 59.2 Å². The molecular formula is C19H23N3O2. The highest BCUT2D eigenvalue weighted by Gasteiger charge is 2.37.